The van der Waals surface area contributed by atoms with Crippen LogP contribution in [0, 0.1) is 5.92 Å². The van der Waals surface area contributed by atoms with E-state index in [9.17, 15) is 19.8 Å². The first-order chi connectivity index (χ1) is 9.02. The average molecular weight is 285 g/mol. The Labute approximate surface area is 114 Å². The zero-order chi connectivity index (χ0) is 13.7. The van der Waals surface area contributed by atoms with Gasteiger partial charge in [-0.2, -0.15) is 0 Å². The zero-order valence-electron chi connectivity index (χ0n) is 10.4. The average Bonchev–Trinajstić information content (AvgIpc) is 2.92. The van der Waals surface area contributed by atoms with Gasteiger partial charge in [0, 0.05) is 11.5 Å². The van der Waals surface area contributed by atoms with Crippen molar-refractivity contribution in [2.45, 2.75) is 37.3 Å². The number of amides is 1. The van der Waals surface area contributed by atoms with Gasteiger partial charge in [0.2, 0.25) is 5.91 Å². The number of nitrogens with zero attached hydrogens (tertiary/aromatic N) is 1. The van der Waals surface area contributed by atoms with Crippen molar-refractivity contribution >= 4 is 23.6 Å². The summed E-state index contributed by atoms with van der Waals surface area (Å²) in [6, 6.07) is 0. The fourth-order valence-electron chi connectivity index (χ4n) is 2.82. The Kier molecular flexibility index (Phi) is 3.07. The third kappa shape index (κ3) is 1.79. The number of carboxylic acids is 1. The Morgan fingerprint density at radius 2 is 2.32 bits per heavy atom. The standard InChI is InChI=1S/C12H15NO5S/c1-5(14)7-10(15)13-8(12(16)17)9(19-11(7)13)6-3-2-4-18-6/h5-7,11,14H,2-4H2,1H3,(H,16,17)/t5-,6+,7+,11-/m1/s1. The van der Waals surface area contributed by atoms with Crippen LogP contribution in [-0.2, 0) is 14.3 Å². The number of ether oxygens (including phenoxy) is 1. The Morgan fingerprint density at radius 1 is 1.58 bits per heavy atom. The second-order valence-corrected chi connectivity index (χ2v) is 6.16. The maximum absolute atomic E-state index is 12.0. The molecule has 3 aliphatic rings. The molecular formula is C12H15NO5S. The molecule has 0 aromatic rings. The summed E-state index contributed by atoms with van der Waals surface area (Å²) in [4.78, 5) is 25.3. The van der Waals surface area contributed by atoms with E-state index in [-0.39, 0.29) is 23.1 Å². The first-order valence-corrected chi connectivity index (χ1v) is 7.17. The molecule has 0 aromatic heterocycles. The van der Waals surface area contributed by atoms with Crippen LogP contribution in [0.2, 0.25) is 0 Å². The number of rotatable bonds is 3. The number of aliphatic carboxylic acids is 1. The number of carbonyl (C=O) groups is 2. The molecule has 2 saturated heterocycles. The summed E-state index contributed by atoms with van der Waals surface area (Å²) in [5.41, 5.74) is 0.0452. The van der Waals surface area contributed by atoms with Crippen molar-refractivity contribution in [3.8, 4) is 0 Å². The number of aliphatic hydroxyl groups excluding tert-OH is 1. The maximum Gasteiger partial charge on any atom is 0.353 e. The van der Waals surface area contributed by atoms with Crippen molar-refractivity contribution in [3.05, 3.63) is 10.6 Å². The van der Waals surface area contributed by atoms with Gasteiger partial charge in [0.1, 0.15) is 11.1 Å². The van der Waals surface area contributed by atoms with Crippen molar-refractivity contribution < 1.29 is 24.5 Å². The van der Waals surface area contributed by atoms with E-state index in [0.29, 0.717) is 11.5 Å². The topological polar surface area (TPSA) is 87.1 Å². The van der Waals surface area contributed by atoms with Gasteiger partial charge in [-0.1, -0.05) is 11.8 Å². The summed E-state index contributed by atoms with van der Waals surface area (Å²) in [5.74, 6) is -1.92. The van der Waals surface area contributed by atoms with Crippen molar-refractivity contribution in [2.24, 2.45) is 5.92 Å². The third-order valence-electron chi connectivity index (χ3n) is 3.75. The van der Waals surface area contributed by atoms with Crippen molar-refractivity contribution in [3.63, 3.8) is 0 Å². The summed E-state index contributed by atoms with van der Waals surface area (Å²) in [7, 11) is 0. The highest BCUT2D eigenvalue weighted by molar-refractivity contribution is 8.04. The lowest BCUT2D eigenvalue weighted by Crippen LogP contribution is -2.60. The molecule has 3 heterocycles. The van der Waals surface area contributed by atoms with E-state index in [1.807, 2.05) is 0 Å². The highest BCUT2D eigenvalue weighted by Crippen LogP contribution is 2.52. The second kappa shape index (κ2) is 4.50. The lowest BCUT2D eigenvalue weighted by atomic mass is 9.92. The van der Waals surface area contributed by atoms with Crippen molar-refractivity contribution in [1.29, 1.82) is 0 Å². The van der Waals surface area contributed by atoms with Crippen molar-refractivity contribution in [1.82, 2.24) is 4.90 Å². The van der Waals surface area contributed by atoms with Crippen molar-refractivity contribution in [2.75, 3.05) is 6.61 Å². The molecule has 0 unspecified atom stereocenters. The highest BCUT2D eigenvalue weighted by Gasteiger charge is 2.58. The van der Waals surface area contributed by atoms with Gasteiger partial charge in [0.25, 0.3) is 0 Å². The minimum absolute atomic E-state index is 0.0452. The van der Waals surface area contributed by atoms with E-state index in [1.54, 1.807) is 6.92 Å². The van der Waals surface area contributed by atoms with Crippen LogP contribution in [0.15, 0.2) is 10.6 Å². The lowest BCUT2D eigenvalue weighted by Gasteiger charge is -2.43. The number of hydrogen-bond donors (Lipinski definition) is 2. The van der Waals surface area contributed by atoms with Crippen LogP contribution in [0.25, 0.3) is 0 Å². The Morgan fingerprint density at radius 3 is 2.84 bits per heavy atom. The van der Waals surface area contributed by atoms with Crippen LogP contribution in [0.4, 0.5) is 0 Å². The molecule has 0 bridgehead atoms. The lowest BCUT2D eigenvalue weighted by molar-refractivity contribution is -0.156. The van der Waals surface area contributed by atoms with E-state index < -0.39 is 18.0 Å². The van der Waals surface area contributed by atoms with Crippen LogP contribution in [-0.4, -0.2) is 51.2 Å². The number of hydrogen-bond acceptors (Lipinski definition) is 5. The van der Waals surface area contributed by atoms with E-state index in [0.717, 1.165) is 12.8 Å². The van der Waals surface area contributed by atoms with Crippen LogP contribution in [0.1, 0.15) is 19.8 Å². The molecule has 7 heteroatoms. The summed E-state index contributed by atoms with van der Waals surface area (Å²) in [6.45, 7) is 2.19. The molecule has 2 fully saturated rings. The van der Waals surface area contributed by atoms with E-state index in [1.165, 1.54) is 16.7 Å². The minimum atomic E-state index is -1.10. The van der Waals surface area contributed by atoms with Crippen LogP contribution in [0.3, 0.4) is 0 Å². The summed E-state index contributed by atoms with van der Waals surface area (Å²) in [5, 5.41) is 18.6. The van der Waals surface area contributed by atoms with Gasteiger partial charge in [-0.3, -0.25) is 9.69 Å². The van der Waals surface area contributed by atoms with Gasteiger partial charge in [-0.05, 0) is 19.8 Å². The molecule has 3 aliphatic heterocycles. The normalized spacial score (nSPS) is 35.4. The van der Waals surface area contributed by atoms with Gasteiger partial charge < -0.3 is 14.9 Å². The first-order valence-electron chi connectivity index (χ1n) is 6.29. The largest absolute Gasteiger partial charge is 0.477 e. The molecule has 19 heavy (non-hydrogen) atoms. The number of thioether (sulfide) groups is 1. The van der Waals surface area contributed by atoms with Crippen LogP contribution >= 0.6 is 11.8 Å². The minimum Gasteiger partial charge on any atom is -0.477 e. The summed E-state index contributed by atoms with van der Waals surface area (Å²) in [6.07, 6.45) is 0.706. The summed E-state index contributed by atoms with van der Waals surface area (Å²) >= 11 is 1.35. The molecule has 1 amide bonds. The number of aliphatic hydroxyl groups is 1. The Hall–Kier alpha value is -1.05. The monoisotopic (exact) mass is 285 g/mol. The molecule has 0 aromatic carbocycles. The van der Waals surface area contributed by atoms with Gasteiger partial charge >= 0.3 is 5.97 Å². The Balaban J connectivity index is 1.91. The number of carbonyl (C=O) groups excluding carboxylic acids is 1. The van der Waals surface area contributed by atoms with Gasteiger partial charge in [0.15, 0.2) is 0 Å². The van der Waals surface area contributed by atoms with E-state index in [2.05, 4.69) is 0 Å². The molecular weight excluding hydrogens is 270 g/mol. The first kappa shape index (κ1) is 13.0. The quantitative estimate of drug-likeness (QED) is 0.729. The molecule has 104 valence electrons. The number of fused-ring (bicyclic) bond motifs is 1. The predicted molar refractivity (Wildman–Crippen MR) is 67.0 cm³/mol. The third-order valence-corrected chi connectivity index (χ3v) is 5.21. The van der Waals surface area contributed by atoms with Gasteiger partial charge in [-0.15, -0.1) is 0 Å². The smallest absolute Gasteiger partial charge is 0.353 e. The van der Waals surface area contributed by atoms with Crippen LogP contribution in [0.5, 0.6) is 0 Å². The highest BCUT2D eigenvalue weighted by atomic mass is 32.2. The fraction of sp³-hybridized carbons (Fsp3) is 0.667. The molecule has 4 atom stereocenters. The second-order valence-electron chi connectivity index (χ2n) is 5.00. The van der Waals surface area contributed by atoms with Gasteiger partial charge in [-0.25, -0.2) is 4.79 Å². The Bertz CT molecular complexity index is 469. The molecule has 6 nitrogen and oxygen atoms in total. The molecule has 0 aliphatic carbocycles. The number of β-lactam (4-membered cyclic amide) rings is 1. The SMILES string of the molecule is C[C@@H](O)[C@H]1C(=O)N2C(C(=O)O)=C([C@@H]3CCCO3)S[C@H]12. The van der Waals surface area contributed by atoms with Gasteiger partial charge in [0.05, 0.1) is 18.1 Å². The predicted octanol–water partition coefficient (Wildman–Crippen LogP) is 0.374. The van der Waals surface area contributed by atoms with E-state index >= 15 is 0 Å². The summed E-state index contributed by atoms with van der Waals surface area (Å²) < 4.78 is 5.53. The zero-order valence-corrected chi connectivity index (χ0v) is 11.2. The molecule has 3 rings (SSSR count). The molecule has 2 N–H and O–H groups in total. The molecule has 0 spiro atoms. The maximum atomic E-state index is 12.0. The molecule has 0 saturated carbocycles. The van der Waals surface area contributed by atoms with E-state index in [4.69, 9.17) is 4.74 Å². The molecule has 0 radical (unpaired) electrons. The number of carboxylic acid groups (broad SMARTS) is 1. The van der Waals surface area contributed by atoms with Crippen LogP contribution < -0.4 is 0 Å². The fourth-order valence-corrected chi connectivity index (χ4v) is 4.52.